The molecule has 2 rings (SSSR count). The van der Waals surface area contributed by atoms with Crippen molar-refractivity contribution < 1.29 is 14.6 Å². The summed E-state index contributed by atoms with van der Waals surface area (Å²) in [6.07, 6.45) is 0. The monoisotopic (exact) mass is 288 g/mol. The lowest BCUT2D eigenvalue weighted by Crippen LogP contribution is -2.13. The molecule has 0 radical (unpaired) electrons. The SMILES string of the molecule is COc1c(C)cc(-c2cc(C(=O)O)[nH]n2)cc1C(C)(C)C. The van der Waals surface area contributed by atoms with Gasteiger partial charge in [0.05, 0.1) is 12.8 Å². The van der Waals surface area contributed by atoms with Gasteiger partial charge in [0, 0.05) is 11.1 Å². The number of methoxy groups -OCH3 is 1. The van der Waals surface area contributed by atoms with Crippen LogP contribution in [0.1, 0.15) is 42.4 Å². The first-order valence-electron chi connectivity index (χ1n) is 6.72. The Balaban J connectivity index is 2.59. The van der Waals surface area contributed by atoms with E-state index in [9.17, 15) is 4.79 Å². The molecule has 1 aromatic heterocycles. The van der Waals surface area contributed by atoms with E-state index in [4.69, 9.17) is 9.84 Å². The van der Waals surface area contributed by atoms with Crippen LogP contribution in [0.25, 0.3) is 11.3 Å². The first-order valence-corrected chi connectivity index (χ1v) is 6.72. The molecule has 1 aromatic carbocycles. The molecule has 0 spiro atoms. The standard InChI is InChI=1S/C16H20N2O3/c1-9-6-10(12-8-13(15(19)20)18-17-12)7-11(14(9)21-5)16(2,3)4/h6-8H,1-5H3,(H,17,18)(H,19,20). The molecule has 5 nitrogen and oxygen atoms in total. The normalized spacial score (nSPS) is 11.5. The largest absolute Gasteiger partial charge is 0.496 e. The van der Waals surface area contributed by atoms with Gasteiger partial charge in [-0.05, 0) is 36.1 Å². The average Bonchev–Trinajstić information content (AvgIpc) is 2.86. The third-order valence-corrected chi connectivity index (χ3v) is 3.39. The van der Waals surface area contributed by atoms with E-state index in [1.165, 1.54) is 6.07 Å². The maximum Gasteiger partial charge on any atom is 0.353 e. The molecule has 112 valence electrons. The number of aromatic nitrogens is 2. The predicted octanol–water partition coefficient (Wildman–Crippen LogP) is 3.39. The van der Waals surface area contributed by atoms with Crippen molar-refractivity contribution in [1.82, 2.24) is 10.2 Å². The average molecular weight is 288 g/mol. The highest BCUT2D eigenvalue weighted by molar-refractivity contribution is 5.87. The van der Waals surface area contributed by atoms with Gasteiger partial charge in [-0.1, -0.05) is 20.8 Å². The maximum absolute atomic E-state index is 10.9. The number of aromatic amines is 1. The van der Waals surface area contributed by atoms with E-state index in [0.29, 0.717) is 5.69 Å². The number of ether oxygens (including phenoxy) is 1. The lowest BCUT2D eigenvalue weighted by atomic mass is 9.84. The van der Waals surface area contributed by atoms with Crippen LogP contribution >= 0.6 is 0 Å². The van der Waals surface area contributed by atoms with Gasteiger partial charge in [0.2, 0.25) is 0 Å². The Morgan fingerprint density at radius 3 is 2.43 bits per heavy atom. The molecule has 1 heterocycles. The Morgan fingerprint density at radius 2 is 1.95 bits per heavy atom. The Kier molecular flexibility index (Phi) is 3.77. The number of hydrogen-bond donors (Lipinski definition) is 2. The van der Waals surface area contributed by atoms with Crippen LogP contribution in [0.4, 0.5) is 0 Å². The summed E-state index contributed by atoms with van der Waals surface area (Å²) in [4.78, 5) is 10.9. The van der Waals surface area contributed by atoms with E-state index >= 15 is 0 Å². The Hall–Kier alpha value is -2.30. The van der Waals surface area contributed by atoms with Crippen molar-refractivity contribution in [3.05, 3.63) is 35.0 Å². The summed E-state index contributed by atoms with van der Waals surface area (Å²) < 4.78 is 5.51. The Labute approximate surface area is 124 Å². The van der Waals surface area contributed by atoms with Gasteiger partial charge in [0.25, 0.3) is 0 Å². The van der Waals surface area contributed by atoms with Gasteiger partial charge in [-0.2, -0.15) is 5.10 Å². The number of nitrogens with zero attached hydrogens (tertiary/aromatic N) is 1. The number of aromatic carboxylic acids is 1. The molecule has 0 saturated carbocycles. The van der Waals surface area contributed by atoms with E-state index < -0.39 is 5.97 Å². The second kappa shape index (κ2) is 5.24. The first-order chi connectivity index (χ1) is 9.74. The van der Waals surface area contributed by atoms with E-state index in [-0.39, 0.29) is 11.1 Å². The van der Waals surface area contributed by atoms with Gasteiger partial charge in [0.1, 0.15) is 11.4 Å². The lowest BCUT2D eigenvalue weighted by molar-refractivity contribution is 0.0690. The molecule has 5 heteroatoms. The van der Waals surface area contributed by atoms with Crippen molar-refractivity contribution in [2.75, 3.05) is 7.11 Å². The van der Waals surface area contributed by atoms with Crippen LogP contribution in [0.2, 0.25) is 0 Å². The zero-order valence-corrected chi connectivity index (χ0v) is 12.9. The van der Waals surface area contributed by atoms with Gasteiger partial charge < -0.3 is 9.84 Å². The quantitative estimate of drug-likeness (QED) is 0.907. The summed E-state index contributed by atoms with van der Waals surface area (Å²) in [6.45, 7) is 8.31. The number of H-pyrrole nitrogens is 1. The smallest absolute Gasteiger partial charge is 0.353 e. The molecule has 0 amide bonds. The fraction of sp³-hybridized carbons (Fsp3) is 0.375. The first kappa shape index (κ1) is 15.1. The van der Waals surface area contributed by atoms with Crippen molar-refractivity contribution in [3.8, 4) is 17.0 Å². The summed E-state index contributed by atoms with van der Waals surface area (Å²) in [5, 5.41) is 15.6. The Bertz CT molecular complexity index is 681. The van der Waals surface area contributed by atoms with Crippen LogP contribution in [0.3, 0.4) is 0 Å². The topological polar surface area (TPSA) is 75.2 Å². The van der Waals surface area contributed by atoms with Crippen LogP contribution in [0, 0.1) is 6.92 Å². The molecule has 0 bridgehead atoms. The van der Waals surface area contributed by atoms with Crippen molar-refractivity contribution >= 4 is 5.97 Å². The molecule has 0 atom stereocenters. The number of carboxylic acid groups (broad SMARTS) is 1. The minimum atomic E-state index is -1.02. The molecule has 0 fully saturated rings. The molecule has 0 aliphatic carbocycles. The number of rotatable bonds is 3. The van der Waals surface area contributed by atoms with Crippen molar-refractivity contribution in [3.63, 3.8) is 0 Å². The maximum atomic E-state index is 10.9. The predicted molar refractivity (Wildman–Crippen MR) is 81.0 cm³/mol. The van der Waals surface area contributed by atoms with Crippen molar-refractivity contribution in [1.29, 1.82) is 0 Å². The van der Waals surface area contributed by atoms with Crippen LogP contribution in [0.15, 0.2) is 18.2 Å². The number of nitrogens with one attached hydrogen (secondary N) is 1. The molecule has 0 aliphatic heterocycles. The number of benzene rings is 1. The highest BCUT2D eigenvalue weighted by Crippen LogP contribution is 2.37. The van der Waals surface area contributed by atoms with Gasteiger partial charge in [-0.25, -0.2) is 4.79 Å². The lowest BCUT2D eigenvalue weighted by Gasteiger charge is -2.24. The fourth-order valence-corrected chi connectivity index (χ4v) is 2.33. The number of carboxylic acids is 1. The van der Waals surface area contributed by atoms with Gasteiger partial charge in [-0.3, -0.25) is 5.10 Å². The molecule has 21 heavy (non-hydrogen) atoms. The van der Waals surface area contributed by atoms with E-state index in [2.05, 4.69) is 31.0 Å². The van der Waals surface area contributed by atoms with Gasteiger partial charge in [-0.15, -0.1) is 0 Å². The highest BCUT2D eigenvalue weighted by Gasteiger charge is 2.22. The minimum Gasteiger partial charge on any atom is -0.496 e. The van der Waals surface area contributed by atoms with E-state index in [1.54, 1.807) is 7.11 Å². The third kappa shape index (κ3) is 2.91. The minimum absolute atomic E-state index is 0.0794. The van der Waals surface area contributed by atoms with Crippen LogP contribution in [-0.4, -0.2) is 28.4 Å². The molecule has 0 unspecified atom stereocenters. The fourth-order valence-electron chi connectivity index (χ4n) is 2.33. The summed E-state index contributed by atoms with van der Waals surface area (Å²) in [6, 6.07) is 5.50. The summed E-state index contributed by atoms with van der Waals surface area (Å²) in [5.41, 5.74) is 3.55. The van der Waals surface area contributed by atoms with Gasteiger partial charge in [0.15, 0.2) is 0 Å². The molecule has 0 aliphatic rings. The summed E-state index contributed by atoms with van der Waals surface area (Å²) in [7, 11) is 1.66. The highest BCUT2D eigenvalue weighted by atomic mass is 16.5. The Morgan fingerprint density at radius 1 is 1.29 bits per heavy atom. The van der Waals surface area contributed by atoms with Gasteiger partial charge >= 0.3 is 5.97 Å². The zero-order valence-electron chi connectivity index (χ0n) is 12.9. The van der Waals surface area contributed by atoms with Crippen LogP contribution in [-0.2, 0) is 5.41 Å². The molecule has 0 saturated heterocycles. The summed E-state index contributed by atoms with van der Waals surface area (Å²) in [5.74, 6) is -0.157. The molecule has 2 N–H and O–H groups in total. The van der Waals surface area contributed by atoms with Crippen LogP contribution < -0.4 is 4.74 Å². The molecule has 2 aromatic rings. The summed E-state index contributed by atoms with van der Waals surface area (Å²) >= 11 is 0. The van der Waals surface area contributed by atoms with Crippen molar-refractivity contribution in [2.24, 2.45) is 0 Å². The second-order valence-electron chi connectivity index (χ2n) is 6.10. The third-order valence-electron chi connectivity index (χ3n) is 3.39. The number of hydrogen-bond acceptors (Lipinski definition) is 3. The van der Waals surface area contributed by atoms with E-state index in [1.807, 2.05) is 19.1 Å². The van der Waals surface area contributed by atoms with Crippen LogP contribution in [0.5, 0.6) is 5.75 Å². The number of aryl methyl sites for hydroxylation is 1. The molecular formula is C16H20N2O3. The van der Waals surface area contributed by atoms with Crippen molar-refractivity contribution in [2.45, 2.75) is 33.1 Å². The zero-order chi connectivity index (χ0) is 15.8. The van der Waals surface area contributed by atoms with E-state index in [0.717, 1.165) is 22.4 Å². The molecular weight excluding hydrogens is 268 g/mol. The number of carbonyl (C=O) groups is 1. The second-order valence-corrected chi connectivity index (χ2v) is 6.10.